The standard InChI is InChI=1S/C21H32N2O3.ClH/c1-3-26-20-13-15(6-9-19(20)25-2)5-4-10-22-21(24)14-16-11-17-7-8-18(12-16)23-17;/h6,9,13,16-18,23H,3-5,7-8,10-12,14H2,1-2H3,(H,22,24);1H. The number of halogens is 1. The van der Waals surface area contributed by atoms with Crippen molar-refractivity contribution < 1.29 is 14.3 Å². The van der Waals surface area contributed by atoms with E-state index in [9.17, 15) is 4.79 Å². The second kappa shape index (κ2) is 10.8. The Balaban J connectivity index is 0.00000261. The van der Waals surface area contributed by atoms with E-state index in [1.807, 2.05) is 19.1 Å². The van der Waals surface area contributed by atoms with E-state index in [0.29, 0.717) is 31.0 Å². The number of ether oxygens (including phenoxy) is 2. The Morgan fingerprint density at radius 1 is 1.22 bits per heavy atom. The summed E-state index contributed by atoms with van der Waals surface area (Å²) >= 11 is 0. The third kappa shape index (κ3) is 6.28. The molecule has 2 unspecified atom stereocenters. The number of benzene rings is 1. The number of carbonyl (C=O) groups excluding carboxylic acids is 1. The number of nitrogens with one attached hydrogen (secondary N) is 2. The van der Waals surface area contributed by atoms with Gasteiger partial charge < -0.3 is 20.1 Å². The Morgan fingerprint density at radius 2 is 1.96 bits per heavy atom. The molecule has 0 aliphatic carbocycles. The average molecular weight is 397 g/mol. The van der Waals surface area contributed by atoms with Crippen molar-refractivity contribution in [2.45, 2.75) is 64.0 Å². The first-order valence-electron chi connectivity index (χ1n) is 10.0. The molecule has 0 saturated carbocycles. The highest BCUT2D eigenvalue weighted by atomic mass is 35.5. The quantitative estimate of drug-likeness (QED) is 0.627. The summed E-state index contributed by atoms with van der Waals surface area (Å²) in [5.74, 6) is 2.32. The van der Waals surface area contributed by atoms with E-state index in [1.165, 1.54) is 18.4 Å². The van der Waals surface area contributed by atoms with Crippen molar-refractivity contribution in [2.24, 2.45) is 5.92 Å². The Labute approximate surface area is 169 Å². The molecule has 5 nitrogen and oxygen atoms in total. The molecule has 2 aliphatic rings. The fourth-order valence-corrected chi connectivity index (χ4v) is 4.34. The van der Waals surface area contributed by atoms with Crippen LogP contribution < -0.4 is 20.1 Å². The number of rotatable bonds is 9. The summed E-state index contributed by atoms with van der Waals surface area (Å²) in [6.07, 6.45) is 7.43. The molecule has 2 fully saturated rings. The van der Waals surface area contributed by atoms with Gasteiger partial charge in [0.05, 0.1) is 13.7 Å². The van der Waals surface area contributed by atoms with E-state index >= 15 is 0 Å². The number of hydrogen-bond donors (Lipinski definition) is 2. The topological polar surface area (TPSA) is 59.6 Å². The number of fused-ring (bicyclic) bond motifs is 2. The van der Waals surface area contributed by atoms with Crippen LogP contribution in [0.3, 0.4) is 0 Å². The van der Waals surface area contributed by atoms with Crippen LogP contribution in [0.1, 0.15) is 51.0 Å². The van der Waals surface area contributed by atoms with Crippen LogP contribution in [0.25, 0.3) is 0 Å². The predicted molar refractivity (Wildman–Crippen MR) is 110 cm³/mol. The summed E-state index contributed by atoms with van der Waals surface area (Å²) in [6.45, 7) is 3.32. The van der Waals surface area contributed by atoms with Crippen LogP contribution in [0, 0.1) is 5.92 Å². The summed E-state index contributed by atoms with van der Waals surface area (Å²) in [7, 11) is 1.65. The molecule has 2 aliphatic heterocycles. The van der Waals surface area contributed by atoms with E-state index in [2.05, 4.69) is 16.7 Å². The van der Waals surface area contributed by atoms with Gasteiger partial charge in [-0.1, -0.05) is 6.07 Å². The van der Waals surface area contributed by atoms with Crippen molar-refractivity contribution in [3.8, 4) is 11.5 Å². The Hall–Kier alpha value is -1.46. The number of hydrogen-bond acceptors (Lipinski definition) is 4. The third-order valence-corrected chi connectivity index (χ3v) is 5.54. The summed E-state index contributed by atoms with van der Waals surface area (Å²) in [6, 6.07) is 7.36. The van der Waals surface area contributed by atoms with Crippen molar-refractivity contribution in [2.75, 3.05) is 20.3 Å². The lowest BCUT2D eigenvalue weighted by atomic mass is 9.89. The SMILES string of the molecule is CCOc1cc(CCCNC(=O)CC2CC3CCC(C2)N3)ccc1OC.Cl. The normalized spacial score (nSPS) is 23.4. The third-order valence-electron chi connectivity index (χ3n) is 5.54. The smallest absolute Gasteiger partial charge is 0.220 e. The van der Waals surface area contributed by atoms with Crippen LogP contribution >= 0.6 is 12.4 Å². The molecule has 27 heavy (non-hydrogen) atoms. The van der Waals surface area contributed by atoms with E-state index in [1.54, 1.807) is 7.11 Å². The number of methoxy groups -OCH3 is 1. The molecule has 2 bridgehead atoms. The van der Waals surface area contributed by atoms with Crippen molar-refractivity contribution in [1.29, 1.82) is 0 Å². The van der Waals surface area contributed by atoms with Crippen LogP contribution in [-0.2, 0) is 11.2 Å². The molecular formula is C21H33ClN2O3. The molecule has 1 aromatic carbocycles. The van der Waals surface area contributed by atoms with Gasteiger partial charge >= 0.3 is 0 Å². The van der Waals surface area contributed by atoms with Gasteiger partial charge in [0, 0.05) is 25.0 Å². The Kier molecular flexibility index (Phi) is 8.71. The fourth-order valence-electron chi connectivity index (χ4n) is 4.34. The highest BCUT2D eigenvalue weighted by molar-refractivity contribution is 5.85. The first kappa shape index (κ1) is 21.8. The number of aryl methyl sites for hydroxylation is 1. The van der Waals surface area contributed by atoms with E-state index in [4.69, 9.17) is 9.47 Å². The zero-order chi connectivity index (χ0) is 18.4. The lowest BCUT2D eigenvalue weighted by Gasteiger charge is -2.28. The van der Waals surface area contributed by atoms with Gasteiger partial charge in [-0.15, -0.1) is 12.4 Å². The molecule has 2 atom stereocenters. The van der Waals surface area contributed by atoms with Crippen molar-refractivity contribution in [3.63, 3.8) is 0 Å². The zero-order valence-corrected chi connectivity index (χ0v) is 17.3. The van der Waals surface area contributed by atoms with Crippen LogP contribution in [-0.4, -0.2) is 38.3 Å². The largest absolute Gasteiger partial charge is 0.493 e. The van der Waals surface area contributed by atoms with E-state index in [0.717, 1.165) is 43.7 Å². The average Bonchev–Trinajstić information content (AvgIpc) is 2.97. The molecule has 3 rings (SSSR count). The number of amides is 1. The van der Waals surface area contributed by atoms with Gasteiger partial charge in [0.2, 0.25) is 5.91 Å². The Bertz CT molecular complexity index is 599. The molecular weight excluding hydrogens is 364 g/mol. The van der Waals surface area contributed by atoms with Crippen LogP contribution in [0.5, 0.6) is 11.5 Å². The van der Waals surface area contributed by atoms with Gasteiger partial charge in [0.1, 0.15) is 0 Å². The van der Waals surface area contributed by atoms with Crippen LogP contribution in [0.15, 0.2) is 18.2 Å². The maximum atomic E-state index is 12.2. The van der Waals surface area contributed by atoms with Crippen LogP contribution in [0.2, 0.25) is 0 Å². The molecule has 2 saturated heterocycles. The maximum Gasteiger partial charge on any atom is 0.220 e. The molecule has 6 heteroatoms. The van der Waals surface area contributed by atoms with Gasteiger partial charge in [0.15, 0.2) is 11.5 Å². The minimum Gasteiger partial charge on any atom is -0.493 e. The Morgan fingerprint density at radius 3 is 2.63 bits per heavy atom. The molecule has 1 aromatic rings. The second-order valence-corrected chi connectivity index (χ2v) is 7.55. The number of piperidine rings is 1. The second-order valence-electron chi connectivity index (χ2n) is 7.55. The molecule has 0 spiro atoms. The summed E-state index contributed by atoms with van der Waals surface area (Å²) < 4.78 is 10.9. The van der Waals surface area contributed by atoms with Gasteiger partial charge in [-0.2, -0.15) is 0 Å². The lowest BCUT2D eigenvalue weighted by Crippen LogP contribution is -2.39. The summed E-state index contributed by atoms with van der Waals surface area (Å²) in [4.78, 5) is 12.2. The van der Waals surface area contributed by atoms with Crippen molar-refractivity contribution in [1.82, 2.24) is 10.6 Å². The maximum absolute atomic E-state index is 12.2. The fraction of sp³-hybridized carbons (Fsp3) is 0.667. The molecule has 152 valence electrons. The van der Waals surface area contributed by atoms with Crippen molar-refractivity contribution in [3.05, 3.63) is 23.8 Å². The first-order chi connectivity index (χ1) is 12.7. The van der Waals surface area contributed by atoms with Gasteiger partial charge in [-0.05, 0) is 69.1 Å². The number of carbonyl (C=O) groups is 1. The van der Waals surface area contributed by atoms with Crippen molar-refractivity contribution >= 4 is 18.3 Å². The molecule has 1 amide bonds. The van der Waals surface area contributed by atoms with Crippen LogP contribution in [0.4, 0.5) is 0 Å². The first-order valence-corrected chi connectivity index (χ1v) is 10.0. The molecule has 2 heterocycles. The summed E-state index contributed by atoms with van der Waals surface area (Å²) in [5.41, 5.74) is 1.21. The minimum absolute atomic E-state index is 0. The molecule has 2 N–H and O–H groups in total. The zero-order valence-electron chi connectivity index (χ0n) is 16.5. The molecule has 0 aromatic heterocycles. The van der Waals surface area contributed by atoms with Gasteiger partial charge in [0.25, 0.3) is 0 Å². The van der Waals surface area contributed by atoms with E-state index < -0.39 is 0 Å². The van der Waals surface area contributed by atoms with Gasteiger partial charge in [-0.3, -0.25) is 4.79 Å². The lowest BCUT2D eigenvalue weighted by molar-refractivity contribution is -0.122. The summed E-state index contributed by atoms with van der Waals surface area (Å²) in [5, 5.41) is 6.73. The van der Waals surface area contributed by atoms with E-state index in [-0.39, 0.29) is 18.3 Å². The highest BCUT2D eigenvalue weighted by Crippen LogP contribution is 2.32. The van der Waals surface area contributed by atoms with Gasteiger partial charge in [-0.25, -0.2) is 0 Å². The predicted octanol–water partition coefficient (Wildman–Crippen LogP) is 3.49. The molecule has 0 radical (unpaired) electrons. The highest BCUT2D eigenvalue weighted by Gasteiger charge is 2.34. The monoisotopic (exact) mass is 396 g/mol. The minimum atomic E-state index is 0.